The lowest BCUT2D eigenvalue weighted by Gasteiger charge is -2.25. The fraction of sp³-hybridized carbons (Fsp3) is 0.357. The van der Waals surface area contributed by atoms with Gasteiger partial charge in [0.25, 0.3) is 0 Å². The van der Waals surface area contributed by atoms with Gasteiger partial charge in [0.15, 0.2) is 5.60 Å². The second-order valence-electron chi connectivity index (χ2n) is 9.72. The first kappa shape index (κ1) is 26.1. The molecule has 0 spiro atoms. The van der Waals surface area contributed by atoms with Crippen LogP contribution in [0.4, 0.5) is 0 Å². The minimum absolute atomic E-state index is 0.427. The molecular weight excluding hydrogens is 472 g/mol. The van der Waals surface area contributed by atoms with E-state index < -0.39 is 11.6 Å². The monoisotopic (exact) mass is 504 g/mol. The zero-order valence-corrected chi connectivity index (χ0v) is 22.0. The molecule has 37 heavy (non-hydrogen) atoms. The highest BCUT2D eigenvalue weighted by atomic mass is 16.5. The predicted octanol–water partition coefficient (Wildman–Crippen LogP) is 5.40. The molecule has 0 aliphatic heterocycles. The Hall–Kier alpha value is -3.98. The van der Waals surface area contributed by atoms with Crippen LogP contribution in [0.5, 0.6) is 5.75 Å². The molecule has 9 nitrogen and oxygen atoms in total. The van der Waals surface area contributed by atoms with Gasteiger partial charge in [-0.3, -0.25) is 4.90 Å². The summed E-state index contributed by atoms with van der Waals surface area (Å²) in [6, 6.07) is 13.8. The van der Waals surface area contributed by atoms with Gasteiger partial charge in [0.1, 0.15) is 11.5 Å². The number of carboxylic acids is 1. The summed E-state index contributed by atoms with van der Waals surface area (Å²) in [5.41, 5.74) is 3.17. The van der Waals surface area contributed by atoms with Gasteiger partial charge in [-0.15, -0.1) is 10.2 Å². The largest absolute Gasteiger partial charge is 0.478 e. The molecule has 0 radical (unpaired) electrons. The van der Waals surface area contributed by atoms with Crippen LogP contribution in [0.25, 0.3) is 11.5 Å². The molecule has 0 bridgehead atoms. The molecule has 2 aromatic heterocycles. The van der Waals surface area contributed by atoms with Gasteiger partial charge in [0.2, 0.25) is 17.7 Å². The fourth-order valence-electron chi connectivity index (χ4n) is 4.10. The zero-order chi connectivity index (χ0) is 26.7. The van der Waals surface area contributed by atoms with Crippen molar-refractivity contribution >= 4 is 5.97 Å². The van der Waals surface area contributed by atoms with E-state index in [4.69, 9.17) is 18.6 Å². The summed E-state index contributed by atoms with van der Waals surface area (Å²) in [5, 5.41) is 17.6. The van der Waals surface area contributed by atoms with Crippen LogP contribution in [0.15, 0.2) is 51.3 Å². The Bertz CT molecular complexity index is 1370. The summed E-state index contributed by atoms with van der Waals surface area (Å²) in [5.74, 6) is 1.91. The lowest BCUT2D eigenvalue weighted by molar-refractivity contribution is -0.152. The van der Waals surface area contributed by atoms with E-state index in [0.717, 1.165) is 33.7 Å². The van der Waals surface area contributed by atoms with Gasteiger partial charge in [-0.25, -0.2) is 9.78 Å². The van der Waals surface area contributed by atoms with Crippen molar-refractivity contribution in [3.8, 4) is 17.2 Å². The smallest absolute Gasteiger partial charge is 0.347 e. The minimum Gasteiger partial charge on any atom is -0.478 e. The Labute approximate surface area is 216 Å². The van der Waals surface area contributed by atoms with E-state index >= 15 is 0 Å². The maximum absolute atomic E-state index is 11.6. The van der Waals surface area contributed by atoms with Crippen molar-refractivity contribution in [1.29, 1.82) is 0 Å². The highest BCUT2D eigenvalue weighted by molar-refractivity contribution is 5.77. The lowest BCUT2D eigenvalue weighted by Crippen LogP contribution is -2.38. The molecule has 4 aromatic rings. The third-order valence-corrected chi connectivity index (χ3v) is 6.01. The maximum atomic E-state index is 11.6. The first-order chi connectivity index (χ1) is 17.5. The molecule has 2 aromatic carbocycles. The second-order valence-corrected chi connectivity index (χ2v) is 9.72. The van der Waals surface area contributed by atoms with E-state index in [1.54, 1.807) is 20.8 Å². The van der Waals surface area contributed by atoms with Crippen LogP contribution in [0, 0.1) is 27.7 Å². The van der Waals surface area contributed by atoms with Crippen LogP contribution in [-0.4, -0.2) is 36.8 Å². The average Bonchev–Trinajstić information content (AvgIpc) is 3.41. The Morgan fingerprint density at radius 1 is 0.973 bits per heavy atom. The summed E-state index contributed by atoms with van der Waals surface area (Å²) in [7, 11) is 0. The van der Waals surface area contributed by atoms with Gasteiger partial charge < -0.3 is 18.7 Å². The number of ether oxygens (including phenoxy) is 1. The molecular formula is C28H32N4O5. The lowest BCUT2D eigenvalue weighted by atomic mass is 10.0. The molecule has 0 amide bonds. The number of aryl methyl sites for hydroxylation is 4. The predicted molar refractivity (Wildman–Crippen MR) is 137 cm³/mol. The number of carbonyl (C=O) groups is 1. The molecule has 2 heterocycles. The first-order valence-corrected chi connectivity index (χ1v) is 12.1. The molecule has 0 unspecified atom stereocenters. The third kappa shape index (κ3) is 6.24. The molecule has 0 aliphatic rings. The highest BCUT2D eigenvalue weighted by Crippen LogP contribution is 2.30. The van der Waals surface area contributed by atoms with E-state index in [-0.39, 0.29) is 0 Å². The second kappa shape index (κ2) is 10.6. The van der Waals surface area contributed by atoms with E-state index in [9.17, 15) is 9.90 Å². The Balaban J connectivity index is 1.60. The van der Waals surface area contributed by atoms with Gasteiger partial charge >= 0.3 is 5.97 Å². The van der Waals surface area contributed by atoms with Gasteiger partial charge in [-0.2, -0.15) is 0 Å². The molecule has 194 valence electrons. The van der Waals surface area contributed by atoms with Crippen molar-refractivity contribution in [2.45, 2.75) is 66.8 Å². The van der Waals surface area contributed by atoms with Gasteiger partial charge in [0, 0.05) is 25.6 Å². The molecule has 0 aliphatic carbocycles. The summed E-state index contributed by atoms with van der Waals surface area (Å²) in [4.78, 5) is 18.5. The van der Waals surface area contributed by atoms with Crippen molar-refractivity contribution in [1.82, 2.24) is 20.1 Å². The van der Waals surface area contributed by atoms with Crippen LogP contribution >= 0.6 is 0 Å². The number of rotatable bonds is 10. The van der Waals surface area contributed by atoms with Crippen LogP contribution in [-0.2, 0) is 24.4 Å². The van der Waals surface area contributed by atoms with Crippen molar-refractivity contribution in [2.75, 3.05) is 0 Å². The molecule has 9 heteroatoms. The normalized spacial score (nSPS) is 11.8. The molecule has 4 rings (SSSR count). The summed E-state index contributed by atoms with van der Waals surface area (Å²) in [6.45, 7) is 12.1. The third-order valence-electron chi connectivity index (χ3n) is 6.01. The van der Waals surface area contributed by atoms with E-state index in [2.05, 4.69) is 15.1 Å². The van der Waals surface area contributed by atoms with Gasteiger partial charge in [0.05, 0.1) is 12.2 Å². The average molecular weight is 505 g/mol. The highest BCUT2D eigenvalue weighted by Gasteiger charge is 2.30. The molecule has 0 saturated heterocycles. The molecule has 0 saturated carbocycles. The van der Waals surface area contributed by atoms with E-state index in [1.165, 1.54) is 0 Å². The molecule has 0 fully saturated rings. The zero-order valence-electron chi connectivity index (χ0n) is 22.0. The molecule has 0 atom stereocenters. The maximum Gasteiger partial charge on any atom is 0.347 e. The summed E-state index contributed by atoms with van der Waals surface area (Å²) >= 11 is 0. The summed E-state index contributed by atoms with van der Waals surface area (Å²) < 4.78 is 17.5. The number of benzene rings is 2. The topological polar surface area (TPSA) is 115 Å². The first-order valence-electron chi connectivity index (χ1n) is 12.1. The van der Waals surface area contributed by atoms with Crippen molar-refractivity contribution in [3.63, 3.8) is 0 Å². The Morgan fingerprint density at radius 3 is 2.24 bits per heavy atom. The summed E-state index contributed by atoms with van der Waals surface area (Å²) in [6.07, 6.45) is 0. The van der Waals surface area contributed by atoms with Crippen LogP contribution in [0.1, 0.15) is 53.8 Å². The number of nitrogens with zero attached hydrogens (tertiary/aromatic N) is 4. The molecule has 1 N–H and O–H groups in total. The number of aromatic nitrogens is 3. The Morgan fingerprint density at radius 2 is 1.65 bits per heavy atom. The van der Waals surface area contributed by atoms with Gasteiger partial charge in [-0.1, -0.05) is 30.3 Å². The number of carboxylic acid groups (broad SMARTS) is 1. The van der Waals surface area contributed by atoms with Crippen LogP contribution in [0.3, 0.4) is 0 Å². The van der Waals surface area contributed by atoms with Gasteiger partial charge in [-0.05, 0) is 63.4 Å². The number of hydrogen-bond acceptors (Lipinski definition) is 8. The fourth-order valence-corrected chi connectivity index (χ4v) is 4.10. The van der Waals surface area contributed by atoms with Crippen molar-refractivity contribution in [2.24, 2.45) is 0 Å². The standard InChI is InChI=1S/C28H32N4O5/c1-17-12-21(13-18(2)25(17)37-28(5,6)27(33)34)14-32(16-24-31-30-20(4)36-24)15-23-19(3)35-26(29-23)22-10-8-7-9-11-22/h7-13H,14-16H2,1-6H3,(H,33,34). The van der Waals surface area contributed by atoms with E-state index in [1.807, 2.05) is 63.2 Å². The number of hydrogen-bond donors (Lipinski definition) is 1. The SMILES string of the molecule is Cc1nnc(CN(Cc2cc(C)c(OC(C)(C)C(=O)O)c(C)c2)Cc2nc(-c3ccccc3)oc2C)o1. The number of aliphatic carboxylic acids is 1. The number of oxazole rings is 1. The van der Waals surface area contributed by atoms with Crippen molar-refractivity contribution < 1.29 is 23.5 Å². The minimum atomic E-state index is -1.33. The van der Waals surface area contributed by atoms with Crippen molar-refractivity contribution in [3.05, 3.63) is 82.4 Å². The quantitative estimate of drug-likeness (QED) is 0.303. The van der Waals surface area contributed by atoms with E-state index in [0.29, 0.717) is 43.1 Å². The van der Waals surface area contributed by atoms with Crippen LogP contribution < -0.4 is 4.74 Å². The van der Waals surface area contributed by atoms with Crippen LogP contribution in [0.2, 0.25) is 0 Å². The Kier molecular flexibility index (Phi) is 7.45.